The molecule has 0 saturated carbocycles. The lowest BCUT2D eigenvalue weighted by atomic mass is 10.00. The largest absolute Gasteiger partial charge is 0.493 e. The summed E-state index contributed by atoms with van der Waals surface area (Å²) in [7, 11) is 0. The van der Waals surface area contributed by atoms with Gasteiger partial charge in [-0.15, -0.1) is 0 Å². The van der Waals surface area contributed by atoms with E-state index in [-0.39, 0.29) is 24.1 Å². The third-order valence-electron chi connectivity index (χ3n) is 8.40. The zero-order valence-corrected chi connectivity index (χ0v) is 28.8. The van der Waals surface area contributed by atoms with Crippen LogP contribution in [0.1, 0.15) is 59.6 Å². The number of benzene rings is 4. The standard InChI is InChI=1S/C35H32N2O5.C6H11NO2/c1-2-32-30(37-34(42-32)26-13-7-4-8-14-26)21-22-41-27-19-17-24(18-20-27)23-31(35(39)40)36-29-16-10-9-15-28(29)33(38)25-11-5-3-6-12-25;1-2-3-5-4-7-9-6(5)8/h3-20,31,36H,2,21-23H2,1H3,(H,39,40);5,7H,2-4H2,1H3/t31-;/m0./s1. The molecule has 1 fully saturated rings. The second-order valence-electron chi connectivity index (χ2n) is 12.1. The highest BCUT2D eigenvalue weighted by atomic mass is 16.7. The van der Waals surface area contributed by atoms with E-state index >= 15 is 0 Å². The van der Waals surface area contributed by atoms with Gasteiger partial charge in [0.25, 0.3) is 0 Å². The predicted molar refractivity (Wildman–Crippen MR) is 195 cm³/mol. The van der Waals surface area contributed by atoms with Gasteiger partial charge in [-0.1, -0.05) is 93.1 Å². The molecule has 1 saturated heterocycles. The molecular weight excluding hydrogens is 646 g/mol. The minimum absolute atomic E-state index is 0.100. The summed E-state index contributed by atoms with van der Waals surface area (Å²) >= 11 is 0. The van der Waals surface area contributed by atoms with E-state index in [1.807, 2.05) is 67.6 Å². The minimum Gasteiger partial charge on any atom is -0.493 e. The Labute approximate surface area is 297 Å². The number of rotatable bonds is 15. The van der Waals surface area contributed by atoms with Gasteiger partial charge in [0, 0.05) is 48.2 Å². The Morgan fingerprint density at radius 3 is 2.27 bits per heavy atom. The Bertz CT molecular complexity index is 1870. The van der Waals surface area contributed by atoms with Crippen molar-refractivity contribution in [1.29, 1.82) is 0 Å². The minimum atomic E-state index is -1.01. The molecule has 6 rings (SSSR count). The first-order valence-electron chi connectivity index (χ1n) is 17.2. The van der Waals surface area contributed by atoms with Gasteiger partial charge in [-0.3, -0.25) is 9.59 Å². The van der Waals surface area contributed by atoms with Crippen LogP contribution in [0.2, 0.25) is 0 Å². The van der Waals surface area contributed by atoms with Crippen LogP contribution in [-0.4, -0.2) is 47.0 Å². The fraction of sp³-hybridized carbons (Fsp3) is 0.268. The van der Waals surface area contributed by atoms with E-state index in [1.165, 1.54) is 0 Å². The Kier molecular flexibility index (Phi) is 13.1. The van der Waals surface area contributed by atoms with Crippen LogP contribution in [0.15, 0.2) is 114 Å². The van der Waals surface area contributed by atoms with Crippen LogP contribution in [0.25, 0.3) is 11.5 Å². The van der Waals surface area contributed by atoms with Crippen molar-refractivity contribution in [3.05, 3.63) is 137 Å². The molecule has 10 heteroatoms. The van der Waals surface area contributed by atoms with Gasteiger partial charge in [0.15, 0.2) is 5.78 Å². The number of nitrogens with zero attached hydrogens (tertiary/aromatic N) is 1. The maximum atomic E-state index is 13.1. The van der Waals surface area contributed by atoms with Gasteiger partial charge >= 0.3 is 11.9 Å². The summed E-state index contributed by atoms with van der Waals surface area (Å²) in [5.74, 6) is 0.977. The normalized spacial score (nSPS) is 14.2. The summed E-state index contributed by atoms with van der Waals surface area (Å²) in [4.78, 5) is 45.1. The third kappa shape index (κ3) is 10.1. The van der Waals surface area contributed by atoms with Gasteiger partial charge in [0.1, 0.15) is 17.6 Å². The number of carboxylic acids is 1. The number of oxazole rings is 1. The molecule has 5 aromatic rings. The van der Waals surface area contributed by atoms with Gasteiger partial charge in [0.05, 0.1) is 18.2 Å². The summed E-state index contributed by atoms with van der Waals surface area (Å²) in [6.45, 7) is 5.22. The van der Waals surface area contributed by atoms with Crippen LogP contribution in [0.4, 0.5) is 5.69 Å². The van der Waals surface area contributed by atoms with Crippen LogP contribution in [0, 0.1) is 5.92 Å². The SMILES string of the molecule is CCCC1CNOC1=O.CCc1oc(-c2ccccc2)nc1CCOc1ccc(C[C@H](Nc2ccccc2C(=O)c2ccccc2)C(=O)O)cc1. The number of carbonyl (C=O) groups excluding carboxylic acids is 2. The quantitative estimate of drug-likeness (QED) is 0.0958. The first kappa shape index (κ1) is 36.5. The fourth-order valence-electron chi connectivity index (χ4n) is 5.67. The number of hydrogen-bond acceptors (Lipinski definition) is 9. The van der Waals surface area contributed by atoms with Crippen molar-refractivity contribution in [2.45, 2.75) is 52.0 Å². The van der Waals surface area contributed by atoms with Crippen molar-refractivity contribution in [3.63, 3.8) is 0 Å². The zero-order valence-electron chi connectivity index (χ0n) is 28.8. The summed E-state index contributed by atoms with van der Waals surface area (Å²) in [5.41, 5.74) is 6.65. The highest BCUT2D eigenvalue weighted by molar-refractivity contribution is 6.12. The van der Waals surface area contributed by atoms with Crippen LogP contribution >= 0.6 is 0 Å². The molecule has 0 spiro atoms. The van der Waals surface area contributed by atoms with Crippen molar-refractivity contribution < 1.29 is 33.5 Å². The molecule has 0 bridgehead atoms. The van der Waals surface area contributed by atoms with E-state index in [0.717, 1.165) is 41.8 Å². The molecular formula is C41H43N3O7. The van der Waals surface area contributed by atoms with Gasteiger partial charge in [0.2, 0.25) is 5.89 Å². The van der Waals surface area contributed by atoms with Crippen molar-refractivity contribution in [2.75, 3.05) is 18.5 Å². The highest BCUT2D eigenvalue weighted by Gasteiger charge is 2.25. The van der Waals surface area contributed by atoms with E-state index in [4.69, 9.17) is 9.15 Å². The lowest BCUT2D eigenvalue weighted by Crippen LogP contribution is -2.32. The van der Waals surface area contributed by atoms with Crippen LogP contribution in [0.3, 0.4) is 0 Å². The molecule has 0 radical (unpaired) electrons. The molecule has 51 heavy (non-hydrogen) atoms. The van der Waals surface area contributed by atoms with Gasteiger partial charge in [-0.2, -0.15) is 5.48 Å². The van der Waals surface area contributed by atoms with Crippen molar-refractivity contribution >= 4 is 23.4 Å². The molecule has 1 aromatic heterocycles. The number of hydrogen-bond donors (Lipinski definition) is 3. The number of ketones is 1. The molecule has 1 aliphatic heterocycles. The fourth-order valence-corrected chi connectivity index (χ4v) is 5.67. The highest BCUT2D eigenvalue weighted by Crippen LogP contribution is 2.24. The molecule has 264 valence electrons. The lowest BCUT2D eigenvalue weighted by molar-refractivity contribution is -0.145. The second-order valence-corrected chi connectivity index (χ2v) is 12.1. The lowest BCUT2D eigenvalue weighted by Gasteiger charge is -2.18. The Morgan fingerprint density at radius 2 is 1.63 bits per heavy atom. The van der Waals surface area contributed by atoms with Crippen LogP contribution in [-0.2, 0) is 33.7 Å². The molecule has 1 aliphatic rings. The molecule has 10 nitrogen and oxygen atoms in total. The smallest absolute Gasteiger partial charge is 0.329 e. The number of aryl methyl sites for hydroxylation is 1. The number of nitrogens with one attached hydrogen (secondary N) is 2. The van der Waals surface area contributed by atoms with E-state index in [1.54, 1.807) is 48.5 Å². The maximum absolute atomic E-state index is 13.1. The Balaban J connectivity index is 0.000000488. The molecule has 2 atom stereocenters. The Hall–Kier alpha value is -5.74. The number of carboxylic acid groups (broad SMARTS) is 1. The monoisotopic (exact) mass is 689 g/mol. The topological polar surface area (TPSA) is 140 Å². The third-order valence-corrected chi connectivity index (χ3v) is 8.40. The number of aromatic nitrogens is 1. The first-order chi connectivity index (χ1) is 24.9. The van der Waals surface area contributed by atoms with E-state index in [9.17, 15) is 19.5 Å². The average molecular weight is 690 g/mol. The van der Waals surface area contributed by atoms with Crippen molar-refractivity contribution in [2.24, 2.45) is 5.92 Å². The number of anilines is 1. The summed E-state index contributed by atoms with van der Waals surface area (Å²) in [6.07, 6.45) is 3.55. The zero-order chi connectivity index (χ0) is 36.0. The van der Waals surface area contributed by atoms with Crippen LogP contribution < -0.4 is 15.5 Å². The summed E-state index contributed by atoms with van der Waals surface area (Å²) in [6, 6.07) is 32.2. The van der Waals surface area contributed by atoms with Crippen molar-refractivity contribution in [1.82, 2.24) is 10.5 Å². The molecule has 0 aliphatic carbocycles. The number of para-hydroxylation sites is 1. The number of hydroxylamine groups is 1. The van der Waals surface area contributed by atoms with E-state index in [2.05, 4.69) is 27.5 Å². The second kappa shape index (κ2) is 18.3. The predicted octanol–water partition coefficient (Wildman–Crippen LogP) is 7.33. The number of ether oxygens (including phenoxy) is 1. The van der Waals surface area contributed by atoms with Crippen molar-refractivity contribution in [3.8, 4) is 17.2 Å². The maximum Gasteiger partial charge on any atom is 0.329 e. The Morgan fingerprint density at radius 1 is 0.941 bits per heavy atom. The number of aliphatic carboxylic acids is 1. The van der Waals surface area contributed by atoms with Gasteiger partial charge in [-0.05, 0) is 48.4 Å². The summed E-state index contributed by atoms with van der Waals surface area (Å²) in [5, 5.41) is 13.0. The van der Waals surface area contributed by atoms with E-state index < -0.39 is 12.0 Å². The first-order valence-corrected chi connectivity index (χ1v) is 17.2. The van der Waals surface area contributed by atoms with Gasteiger partial charge in [-0.25, -0.2) is 9.78 Å². The van der Waals surface area contributed by atoms with Crippen LogP contribution in [0.5, 0.6) is 5.75 Å². The average Bonchev–Trinajstić information content (AvgIpc) is 3.78. The molecule has 3 N–H and O–H groups in total. The van der Waals surface area contributed by atoms with Gasteiger partial charge < -0.3 is 24.4 Å². The number of carbonyl (C=O) groups is 3. The molecule has 1 unspecified atom stereocenters. The molecule has 4 aromatic carbocycles. The van der Waals surface area contributed by atoms with E-state index in [0.29, 0.717) is 48.0 Å². The molecule has 2 heterocycles. The molecule has 0 amide bonds. The summed E-state index contributed by atoms with van der Waals surface area (Å²) < 4.78 is 11.9.